The molecule has 222 valence electrons. The minimum Gasteiger partial charge on any atom is -0.451 e. The van der Waals surface area contributed by atoms with E-state index in [0.717, 1.165) is 12.0 Å². The Morgan fingerprint density at radius 3 is 2.33 bits per heavy atom. The Bertz CT molecular complexity index is 1210. The quantitative estimate of drug-likeness (QED) is 0.178. The van der Waals surface area contributed by atoms with Crippen molar-refractivity contribution in [1.29, 1.82) is 0 Å². The van der Waals surface area contributed by atoms with E-state index in [9.17, 15) is 14.7 Å². The Labute approximate surface area is 241 Å². The van der Waals surface area contributed by atoms with Gasteiger partial charge in [-0.25, -0.2) is 4.79 Å². The largest absolute Gasteiger partial charge is 0.451 e. The van der Waals surface area contributed by atoms with E-state index in [0.29, 0.717) is 23.7 Å². The van der Waals surface area contributed by atoms with Crippen molar-refractivity contribution in [3.63, 3.8) is 0 Å². The van der Waals surface area contributed by atoms with Gasteiger partial charge in [0, 0.05) is 21.6 Å². The van der Waals surface area contributed by atoms with Crippen molar-refractivity contribution in [2.75, 3.05) is 6.61 Å². The van der Waals surface area contributed by atoms with Crippen LogP contribution in [0.1, 0.15) is 89.5 Å². The average Bonchev–Trinajstić information content (AvgIpc) is 3.34. The monoisotopic (exact) mass is 570 g/mol. The lowest BCUT2D eigenvalue weighted by atomic mass is 9.59. The molecule has 0 amide bonds. The smallest absolute Gasteiger partial charge is 0.350 e. The third-order valence-corrected chi connectivity index (χ3v) is 16.4. The van der Waals surface area contributed by atoms with Gasteiger partial charge in [-0.2, -0.15) is 0 Å². The second kappa shape index (κ2) is 8.74. The van der Waals surface area contributed by atoms with Crippen molar-refractivity contribution in [1.82, 2.24) is 0 Å². The summed E-state index contributed by atoms with van der Waals surface area (Å²) in [4.78, 5) is 28.2. The predicted molar refractivity (Wildman–Crippen MR) is 158 cm³/mol. The standard InChI is InChI=1S/C33H50O6Si/c1-13-18(2)28(35)38-26-19(3)16-32-20(4)14-23-24(31(23,11)12)22(25(32)34)15-21-17-37-40(29(5,6)7,30(8,9)10)39-27(21)33(26,32)36/h13,15-16,20,22-24,26-27,36H,14,17H2,1-12H3/t20-,22+,23-,24+,26+,27-,32+,33-/m1/s1. The molecule has 0 unspecified atom stereocenters. The van der Waals surface area contributed by atoms with E-state index < -0.39 is 37.8 Å². The zero-order valence-electron chi connectivity index (χ0n) is 26.6. The molecule has 1 heterocycles. The Morgan fingerprint density at radius 2 is 1.77 bits per heavy atom. The van der Waals surface area contributed by atoms with Crippen LogP contribution >= 0.6 is 0 Å². The summed E-state index contributed by atoms with van der Waals surface area (Å²) < 4.78 is 20.3. The molecule has 1 spiro atoms. The van der Waals surface area contributed by atoms with Gasteiger partial charge in [0.1, 0.15) is 6.10 Å². The number of ether oxygens (including phenoxy) is 1. The first-order valence-corrected chi connectivity index (χ1v) is 16.9. The summed E-state index contributed by atoms with van der Waals surface area (Å²) in [6.45, 7) is 25.2. The van der Waals surface area contributed by atoms with Crippen molar-refractivity contribution < 1.29 is 28.3 Å². The molecule has 2 saturated carbocycles. The normalized spacial score (nSPS) is 41.9. The SMILES string of the molecule is CC=C(C)C(=O)O[C@H]1C(C)=C[C@]23C(=O)[C@@H](C=C4CO[Si](C(C)(C)C)(C(C)(C)C)O[C@H]4[C@]12O)[C@H]1[C@@H](C[C@H]3C)C1(C)C. The van der Waals surface area contributed by atoms with Crippen molar-refractivity contribution in [2.45, 2.75) is 117 Å². The number of rotatable bonds is 2. The van der Waals surface area contributed by atoms with Crippen molar-refractivity contribution in [2.24, 2.45) is 34.5 Å². The lowest BCUT2D eigenvalue weighted by molar-refractivity contribution is -0.205. The molecule has 1 N–H and O–H groups in total. The lowest BCUT2D eigenvalue weighted by Crippen LogP contribution is -2.72. The molecule has 0 aromatic rings. The second-order valence-electron chi connectivity index (χ2n) is 16.0. The molecule has 0 aromatic heterocycles. The maximum absolute atomic E-state index is 15.0. The summed E-state index contributed by atoms with van der Waals surface area (Å²) >= 11 is 0. The van der Waals surface area contributed by atoms with Gasteiger partial charge in [-0.1, -0.05) is 80.5 Å². The molecule has 4 aliphatic carbocycles. The average molecular weight is 571 g/mol. The van der Waals surface area contributed by atoms with Crippen LogP contribution in [-0.2, 0) is 23.2 Å². The number of hydrogen-bond donors (Lipinski definition) is 1. The highest BCUT2D eigenvalue weighted by Crippen LogP contribution is 2.72. The molecular weight excluding hydrogens is 520 g/mol. The topological polar surface area (TPSA) is 82.1 Å². The molecule has 2 bridgehead atoms. The highest BCUT2D eigenvalue weighted by Gasteiger charge is 2.78. The van der Waals surface area contributed by atoms with E-state index in [-0.39, 0.29) is 39.0 Å². The molecule has 6 nitrogen and oxygen atoms in total. The summed E-state index contributed by atoms with van der Waals surface area (Å²) in [5, 5.41) is 12.8. The van der Waals surface area contributed by atoms with Crippen molar-refractivity contribution >= 4 is 20.3 Å². The fourth-order valence-electron chi connectivity index (χ4n) is 9.34. The number of ketones is 1. The van der Waals surface area contributed by atoms with Gasteiger partial charge >= 0.3 is 14.5 Å². The van der Waals surface area contributed by atoms with E-state index in [1.54, 1.807) is 19.9 Å². The minimum absolute atomic E-state index is 0.0329. The number of Topliss-reactive ketones (excluding diaryl/α,β-unsaturated/α-hetero) is 1. The molecule has 5 aliphatic rings. The number of esters is 1. The van der Waals surface area contributed by atoms with E-state index in [1.165, 1.54) is 0 Å². The van der Waals surface area contributed by atoms with Gasteiger partial charge in [-0.05, 0) is 61.5 Å². The van der Waals surface area contributed by atoms with Gasteiger partial charge in [0.05, 0.1) is 12.0 Å². The van der Waals surface area contributed by atoms with Gasteiger partial charge in [0.15, 0.2) is 17.5 Å². The van der Waals surface area contributed by atoms with Gasteiger partial charge in [0.25, 0.3) is 0 Å². The Kier molecular flexibility index (Phi) is 6.54. The van der Waals surface area contributed by atoms with Crippen LogP contribution in [0.5, 0.6) is 0 Å². The summed E-state index contributed by atoms with van der Waals surface area (Å²) in [5.74, 6) is -0.380. The first kappa shape index (κ1) is 29.9. The van der Waals surface area contributed by atoms with E-state index in [4.69, 9.17) is 13.6 Å². The third-order valence-electron chi connectivity index (χ3n) is 11.4. The van der Waals surface area contributed by atoms with E-state index >= 15 is 0 Å². The molecule has 1 saturated heterocycles. The van der Waals surface area contributed by atoms with Crippen molar-refractivity contribution in [3.8, 4) is 0 Å². The molecule has 0 aromatic carbocycles. The van der Waals surface area contributed by atoms with Crippen LogP contribution in [0.15, 0.2) is 34.9 Å². The Morgan fingerprint density at radius 1 is 1.18 bits per heavy atom. The maximum atomic E-state index is 15.0. The minimum atomic E-state index is -3.07. The first-order chi connectivity index (χ1) is 18.2. The Hall–Kier alpha value is -1.54. The molecule has 1 aliphatic heterocycles. The number of allylic oxidation sites excluding steroid dienone is 2. The van der Waals surface area contributed by atoms with Crippen LogP contribution in [0.3, 0.4) is 0 Å². The van der Waals surface area contributed by atoms with Crippen LogP contribution in [0.25, 0.3) is 0 Å². The summed E-state index contributed by atoms with van der Waals surface area (Å²) in [6.07, 6.45) is 4.73. The van der Waals surface area contributed by atoms with Gasteiger partial charge < -0.3 is 18.7 Å². The Balaban J connectivity index is 1.77. The summed E-state index contributed by atoms with van der Waals surface area (Å²) in [7, 11) is -3.07. The molecule has 5 rings (SSSR count). The summed E-state index contributed by atoms with van der Waals surface area (Å²) in [6, 6.07) is 0. The fourth-order valence-corrected chi connectivity index (χ4v) is 14.3. The highest BCUT2D eigenvalue weighted by atomic mass is 28.4. The molecule has 3 fully saturated rings. The van der Waals surface area contributed by atoms with Gasteiger partial charge in [-0.15, -0.1) is 0 Å². The van der Waals surface area contributed by atoms with Gasteiger partial charge in [-0.3, -0.25) is 4.79 Å². The van der Waals surface area contributed by atoms with Crippen LogP contribution in [0, 0.1) is 34.5 Å². The fraction of sp³-hybridized carbons (Fsp3) is 0.758. The molecule has 0 radical (unpaired) electrons. The van der Waals surface area contributed by atoms with Gasteiger partial charge in [0.2, 0.25) is 0 Å². The lowest BCUT2D eigenvalue weighted by Gasteiger charge is -2.58. The number of aliphatic hydroxyl groups is 1. The third kappa shape index (κ3) is 3.56. The van der Waals surface area contributed by atoms with Crippen LogP contribution < -0.4 is 0 Å². The van der Waals surface area contributed by atoms with Crippen molar-refractivity contribution in [3.05, 3.63) is 34.9 Å². The van der Waals surface area contributed by atoms with E-state index in [1.807, 2.05) is 13.0 Å². The zero-order valence-corrected chi connectivity index (χ0v) is 27.6. The number of carbonyl (C=O) groups is 2. The van der Waals surface area contributed by atoms with E-state index in [2.05, 4.69) is 68.4 Å². The summed E-state index contributed by atoms with van der Waals surface area (Å²) in [5.41, 5.74) is -1.01. The molecule has 40 heavy (non-hydrogen) atoms. The first-order valence-electron chi connectivity index (χ1n) is 15.0. The maximum Gasteiger partial charge on any atom is 0.350 e. The number of carbonyl (C=O) groups excluding carboxylic acids is 2. The van der Waals surface area contributed by atoms with Crippen LogP contribution in [0.4, 0.5) is 0 Å². The van der Waals surface area contributed by atoms with Crippen LogP contribution in [0.2, 0.25) is 10.1 Å². The zero-order chi connectivity index (χ0) is 30.0. The number of fused-ring (bicyclic) bond motifs is 5. The molecule has 7 heteroatoms. The molecular formula is C33H50O6Si. The van der Waals surface area contributed by atoms with Crippen LogP contribution in [-0.4, -0.2) is 49.8 Å². The predicted octanol–water partition coefficient (Wildman–Crippen LogP) is 6.44. The molecule has 8 atom stereocenters. The number of hydrogen-bond acceptors (Lipinski definition) is 6. The second-order valence-corrected chi connectivity index (χ2v) is 20.7. The highest BCUT2D eigenvalue weighted by molar-refractivity contribution is 6.73.